The topological polar surface area (TPSA) is 64.6 Å². The summed E-state index contributed by atoms with van der Waals surface area (Å²) in [6.07, 6.45) is 4.97. The maximum atomic E-state index is 5.45. The maximum Gasteiger partial charge on any atom is 0.111 e. The second-order valence-electron chi connectivity index (χ2n) is 5.42. The molecule has 26 heavy (non-hydrogen) atoms. The van der Waals surface area contributed by atoms with Gasteiger partial charge >= 0.3 is 0 Å². The first-order chi connectivity index (χ1) is 12.9. The highest BCUT2D eigenvalue weighted by Gasteiger charge is 1.94. The summed E-state index contributed by atoms with van der Waals surface area (Å²) >= 11 is 0. The molecule has 0 aromatic heterocycles. The van der Waals surface area contributed by atoms with Gasteiger partial charge in [-0.2, -0.15) is 0 Å². The van der Waals surface area contributed by atoms with Crippen molar-refractivity contribution in [1.82, 2.24) is 0 Å². The highest BCUT2D eigenvalue weighted by Crippen LogP contribution is 1.93. The quantitative estimate of drug-likeness (QED) is 0.200. The third-order valence-electron chi connectivity index (χ3n) is 3.22. The van der Waals surface area contributed by atoms with Crippen molar-refractivity contribution in [3.05, 3.63) is 12.8 Å². The van der Waals surface area contributed by atoms with Crippen LogP contribution in [0.25, 0.3) is 0 Å². The van der Waals surface area contributed by atoms with Crippen LogP contribution < -0.4 is 0 Å². The van der Waals surface area contributed by atoms with Gasteiger partial charge in [0.25, 0.3) is 0 Å². The van der Waals surface area contributed by atoms with Gasteiger partial charge in [0, 0.05) is 6.61 Å². The van der Waals surface area contributed by atoms with Gasteiger partial charge in [0.2, 0.25) is 0 Å². The van der Waals surface area contributed by atoms with Crippen molar-refractivity contribution in [3.8, 4) is 0 Å². The first-order valence-electron chi connectivity index (χ1n) is 9.60. The van der Waals surface area contributed by atoms with E-state index in [1.807, 2.05) is 0 Å². The Balaban J connectivity index is 2.96. The van der Waals surface area contributed by atoms with Gasteiger partial charge in [0.1, 0.15) is 6.61 Å². The van der Waals surface area contributed by atoms with Crippen molar-refractivity contribution in [2.75, 3.05) is 85.9 Å². The van der Waals surface area contributed by atoms with Crippen LogP contribution in [0.15, 0.2) is 12.8 Å². The minimum absolute atomic E-state index is 0.518. The summed E-state index contributed by atoms with van der Waals surface area (Å²) in [6.45, 7) is 13.3. The second kappa shape index (κ2) is 24.3. The normalized spacial score (nSPS) is 11.0. The van der Waals surface area contributed by atoms with Crippen molar-refractivity contribution in [2.24, 2.45) is 0 Å². The lowest BCUT2D eigenvalue weighted by Crippen LogP contribution is -2.14. The van der Waals surface area contributed by atoms with Gasteiger partial charge in [-0.05, 0) is 6.42 Å². The lowest BCUT2D eigenvalue weighted by Gasteiger charge is -2.08. The zero-order valence-corrected chi connectivity index (χ0v) is 16.5. The van der Waals surface area contributed by atoms with Crippen LogP contribution in [-0.2, 0) is 33.2 Å². The van der Waals surface area contributed by atoms with Crippen LogP contribution in [0.4, 0.5) is 0 Å². The molecule has 0 amide bonds. The van der Waals surface area contributed by atoms with E-state index in [1.165, 1.54) is 19.1 Å². The molecule has 0 rings (SSSR count). The SMILES string of the molecule is C=COCCOCCOCCOCCOCCOCCOCCCCC. The van der Waals surface area contributed by atoms with E-state index in [2.05, 4.69) is 13.5 Å². The molecule has 0 fully saturated rings. The van der Waals surface area contributed by atoms with E-state index in [-0.39, 0.29) is 0 Å². The number of ether oxygens (including phenoxy) is 7. The predicted octanol–water partition coefficient (Wildman–Crippen LogP) is 2.44. The van der Waals surface area contributed by atoms with E-state index in [1.54, 1.807) is 0 Å². The van der Waals surface area contributed by atoms with Crippen LogP contribution in [0.5, 0.6) is 0 Å². The summed E-state index contributed by atoms with van der Waals surface area (Å²) in [5.74, 6) is 0. The minimum Gasteiger partial charge on any atom is -0.499 e. The third kappa shape index (κ3) is 23.3. The lowest BCUT2D eigenvalue weighted by atomic mass is 10.3. The van der Waals surface area contributed by atoms with Gasteiger partial charge in [-0.25, -0.2) is 0 Å². The molecular weight excluding hydrogens is 340 g/mol. The largest absolute Gasteiger partial charge is 0.499 e. The molecule has 7 nitrogen and oxygen atoms in total. The molecule has 0 N–H and O–H groups in total. The molecule has 0 radical (unpaired) electrons. The van der Waals surface area contributed by atoms with Gasteiger partial charge in [0.05, 0.1) is 78.9 Å². The first-order valence-corrected chi connectivity index (χ1v) is 9.60. The van der Waals surface area contributed by atoms with Crippen molar-refractivity contribution in [3.63, 3.8) is 0 Å². The Morgan fingerprint density at radius 3 is 1.19 bits per heavy atom. The van der Waals surface area contributed by atoms with E-state index < -0.39 is 0 Å². The maximum absolute atomic E-state index is 5.45. The van der Waals surface area contributed by atoms with Gasteiger partial charge < -0.3 is 33.2 Å². The molecule has 0 aromatic carbocycles. The summed E-state index contributed by atoms with van der Waals surface area (Å²) in [5.41, 5.74) is 0. The Hall–Kier alpha value is -0.700. The lowest BCUT2D eigenvalue weighted by molar-refractivity contribution is -0.0185. The Bertz CT molecular complexity index is 264. The Kier molecular flexibility index (Phi) is 23.6. The fourth-order valence-corrected chi connectivity index (χ4v) is 1.85. The van der Waals surface area contributed by atoms with Crippen LogP contribution >= 0.6 is 0 Å². The van der Waals surface area contributed by atoms with Gasteiger partial charge in [-0.3, -0.25) is 0 Å². The molecule has 156 valence electrons. The molecule has 0 aliphatic carbocycles. The number of hydrogen-bond donors (Lipinski definition) is 0. The minimum atomic E-state index is 0.518. The zero-order valence-electron chi connectivity index (χ0n) is 16.5. The summed E-state index contributed by atoms with van der Waals surface area (Å²) < 4.78 is 37.3. The van der Waals surface area contributed by atoms with Crippen LogP contribution in [0.2, 0.25) is 0 Å². The number of hydrogen-bond acceptors (Lipinski definition) is 7. The Labute approximate surface area is 158 Å². The second-order valence-corrected chi connectivity index (χ2v) is 5.42. The van der Waals surface area contributed by atoms with E-state index in [4.69, 9.17) is 33.2 Å². The van der Waals surface area contributed by atoms with Crippen molar-refractivity contribution >= 4 is 0 Å². The molecule has 0 aliphatic rings. The van der Waals surface area contributed by atoms with E-state index >= 15 is 0 Å². The van der Waals surface area contributed by atoms with E-state index in [0.717, 1.165) is 13.0 Å². The monoisotopic (exact) mass is 378 g/mol. The predicted molar refractivity (Wildman–Crippen MR) is 101 cm³/mol. The molecule has 0 unspecified atom stereocenters. The standard InChI is InChI=1S/C19H38O7/c1-3-5-6-7-21-10-11-23-14-15-25-18-19-26-17-16-24-13-12-22-9-8-20-4-2/h4H,2-3,5-19H2,1H3. The zero-order chi connectivity index (χ0) is 19.0. The molecule has 0 saturated carbocycles. The molecule has 0 heterocycles. The molecule has 0 aromatic rings. The Morgan fingerprint density at radius 1 is 0.500 bits per heavy atom. The van der Waals surface area contributed by atoms with Crippen molar-refractivity contribution < 1.29 is 33.2 Å². The summed E-state index contributed by atoms with van der Waals surface area (Å²) in [5, 5.41) is 0. The molecule has 0 saturated heterocycles. The number of rotatable bonds is 23. The average molecular weight is 379 g/mol. The highest BCUT2D eigenvalue weighted by molar-refractivity contribution is 4.47. The summed E-state index contributed by atoms with van der Waals surface area (Å²) in [7, 11) is 0. The fraction of sp³-hybridized carbons (Fsp3) is 0.895. The van der Waals surface area contributed by atoms with E-state index in [9.17, 15) is 0 Å². The first kappa shape index (κ1) is 25.3. The van der Waals surface area contributed by atoms with Crippen LogP contribution in [0.1, 0.15) is 26.2 Å². The third-order valence-corrected chi connectivity index (χ3v) is 3.22. The molecule has 0 aliphatic heterocycles. The Morgan fingerprint density at radius 2 is 0.846 bits per heavy atom. The van der Waals surface area contributed by atoms with E-state index in [0.29, 0.717) is 79.3 Å². The van der Waals surface area contributed by atoms with Crippen LogP contribution in [0.3, 0.4) is 0 Å². The molecule has 0 atom stereocenters. The van der Waals surface area contributed by atoms with Gasteiger partial charge in [0.15, 0.2) is 0 Å². The molecule has 0 spiro atoms. The molecule has 7 heteroatoms. The van der Waals surface area contributed by atoms with Gasteiger partial charge in [-0.15, -0.1) is 0 Å². The average Bonchev–Trinajstić information content (AvgIpc) is 2.66. The fourth-order valence-electron chi connectivity index (χ4n) is 1.85. The molecular formula is C19H38O7. The van der Waals surface area contributed by atoms with Crippen LogP contribution in [0, 0.1) is 0 Å². The highest BCUT2D eigenvalue weighted by atomic mass is 16.6. The van der Waals surface area contributed by atoms with Crippen molar-refractivity contribution in [2.45, 2.75) is 26.2 Å². The van der Waals surface area contributed by atoms with Crippen molar-refractivity contribution in [1.29, 1.82) is 0 Å². The smallest absolute Gasteiger partial charge is 0.111 e. The summed E-state index contributed by atoms with van der Waals surface area (Å²) in [6, 6.07) is 0. The summed E-state index contributed by atoms with van der Waals surface area (Å²) in [4.78, 5) is 0. The molecule has 0 bridgehead atoms. The number of unbranched alkanes of at least 4 members (excludes halogenated alkanes) is 2. The van der Waals surface area contributed by atoms with Crippen LogP contribution in [-0.4, -0.2) is 85.9 Å². The van der Waals surface area contributed by atoms with Gasteiger partial charge in [-0.1, -0.05) is 26.3 Å².